The fraction of sp³-hybridized carbons (Fsp3) is 0.250. The maximum atomic E-state index is 11.8. The number of para-hydroxylation sites is 1. The highest BCUT2D eigenvalue weighted by Gasteiger charge is 2.10. The third kappa shape index (κ3) is 3.35. The molecule has 0 saturated carbocycles. The minimum atomic E-state index is 0.0687. The van der Waals surface area contributed by atoms with Crippen molar-refractivity contribution < 1.29 is 14.3 Å². The van der Waals surface area contributed by atoms with Crippen molar-refractivity contribution >= 4 is 5.78 Å². The number of pyridine rings is 1. The number of carbonyl (C=O) groups excluding carboxylic acids is 1. The average Bonchev–Trinajstić information content (AvgIpc) is 2.52. The van der Waals surface area contributed by atoms with Gasteiger partial charge in [-0.05, 0) is 18.2 Å². The Kier molecular flexibility index (Phi) is 4.71. The minimum Gasteiger partial charge on any atom is -0.487 e. The van der Waals surface area contributed by atoms with E-state index >= 15 is 0 Å². The molecule has 20 heavy (non-hydrogen) atoms. The van der Waals surface area contributed by atoms with Gasteiger partial charge in [0.2, 0.25) is 5.88 Å². The SMILES string of the molecule is CCC(=O)c1ccccc1OCc1cccc(OC)n1. The standard InChI is InChI=1S/C16H17NO3/c1-3-14(18)13-8-4-5-9-15(13)20-11-12-7-6-10-16(17-12)19-2/h4-10H,3,11H2,1-2H3. The van der Waals surface area contributed by atoms with Crippen molar-refractivity contribution in [3.8, 4) is 11.6 Å². The summed E-state index contributed by atoms with van der Waals surface area (Å²) in [5.41, 5.74) is 1.36. The summed E-state index contributed by atoms with van der Waals surface area (Å²) in [7, 11) is 1.57. The minimum absolute atomic E-state index is 0.0687. The van der Waals surface area contributed by atoms with Crippen molar-refractivity contribution in [2.24, 2.45) is 0 Å². The van der Waals surface area contributed by atoms with Crippen LogP contribution in [0.5, 0.6) is 11.6 Å². The number of Topliss-reactive ketones (excluding diaryl/α,β-unsaturated/α-hetero) is 1. The number of carbonyl (C=O) groups is 1. The highest BCUT2D eigenvalue weighted by atomic mass is 16.5. The van der Waals surface area contributed by atoms with Crippen LogP contribution in [-0.2, 0) is 6.61 Å². The molecule has 0 bridgehead atoms. The van der Waals surface area contributed by atoms with E-state index in [0.717, 1.165) is 5.69 Å². The summed E-state index contributed by atoms with van der Waals surface area (Å²) >= 11 is 0. The van der Waals surface area contributed by atoms with E-state index in [9.17, 15) is 4.79 Å². The molecule has 4 heteroatoms. The molecule has 0 atom stereocenters. The zero-order valence-corrected chi connectivity index (χ0v) is 11.6. The second-order valence-corrected chi connectivity index (χ2v) is 4.23. The summed E-state index contributed by atoms with van der Waals surface area (Å²) < 4.78 is 10.8. The smallest absolute Gasteiger partial charge is 0.213 e. The molecule has 0 aliphatic heterocycles. The second-order valence-electron chi connectivity index (χ2n) is 4.23. The molecular formula is C16H17NO3. The molecule has 2 aromatic rings. The first-order valence-electron chi connectivity index (χ1n) is 6.49. The Hall–Kier alpha value is -2.36. The first-order chi connectivity index (χ1) is 9.74. The van der Waals surface area contributed by atoms with Gasteiger partial charge in [0.15, 0.2) is 5.78 Å². The normalized spacial score (nSPS) is 10.1. The van der Waals surface area contributed by atoms with Gasteiger partial charge in [0.25, 0.3) is 0 Å². The Labute approximate surface area is 118 Å². The van der Waals surface area contributed by atoms with E-state index in [4.69, 9.17) is 9.47 Å². The highest BCUT2D eigenvalue weighted by molar-refractivity contribution is 5.98. The first kappa shape index (κ1) is 14.1. The molecule has 0 N–H and O–H groups in total. The summed E-state index contributed by atoms with van der Waals surface area (Å²) in [6.45, 7) is 2.13. The van der Waals surface area contributed by atoms with Crippen LogP contribution in [0.1, 0.15) is 29.4 Å². The summed E-state index contributed by atoms with van der Waals surface area (Å²) in [6, 6.07) is 12.7. The number of aromatic nitrogens is 1. The lowest BCUT2D eigenvalue weighted by Gasteiger charge is -2.10. The van der Waals surface area contributed by atoms with Crippen LogP contribution in [0, 0.1) is 0 Å². The van der Waals surface area contributed by atoms with Gasteiger partial charge in [-0.15, -0.1) is 0 Å². The lowest BCUT2D eigenvalue weighted by Crippen LogP contribution is -2.04. The van der Waals surface area contributed by atoms with Crippen LogP contribution in [0.25, 0.3) is 0 Å². The van der Waals surface area contributed by atoms with Crippen LogP contribution in [0.2, 0.25) is 0 Å². The van der Waals surface area contributed by atoms with Gasteiger partial charge in [0.1, 0.15) is 12.4 Å². The number of methoxy groups -OCH3 is 1. The topological polar surface area (TPSA) is 48.4 Å². The number of rotatable bonds is 6. The van der Waals surface area contributed by atoms with Gasteiger partial charge >= 0.3 is 0 Å². The van der Waals surface area contributed by atoms with E-state index in [-0.39, 0.29) is 5.78 Å². The maximum absolute atomic E-state index is 11.8. The van der Waals surface area contributed by atoms with Gasteiger partial charge in [0, 0.05) is 12.5 Å². The zero-order valence-electron chi connectivity index (χ0n) is 11.6. The largest absolute Gasteiger partial charge is 0.487 e. The molecule has 0 saturated heterocycles. The summed E-state index contributed by atoms with van der Waals surface area (Å²) in [5, 5.41) is 0. The van der Waals surface area contributed by atoms with Gasteiger partial charge in [0.05, 0.1) is 18.4 Å². The van der Waals surface area contributed by atoms with Crippen molar-refractivity contribution in [1.82, 2.24) is 4.98 Å². The number of ether oxygens (including phenoxy) is 2. The van der Waals surface area contributed by atoms with Crippen molar-refractivity contribution in [3.05, 3.63) is 53.7 Å². The molecular weight excluding hydrogens is 254 g/mol. The summed E-state index contributed by atoms with van der Waals surface area (Å²) in [6.07, 6.45) is 0.456. The van der Waals surface area contributed by atoms with Crippen molar-refractivity contribution in [2.75, 3.05) is 7.11 Å². The molecule has 0 aliphatic rings. The Balaban J connectivity index is 2.12. The molecule has 1 aromatic heterocycles. The molecule has 0 aliphatic carbocycles. The Morgan fingerprint density at radius 3 is 2.70 bits per heavy atom. The van der Waals surface area contributed by atoms with E-state index in [0.29, 0.717) is 30.2 Å². The van der Waals surface area contributed by atoms with Crippen molar-refractivity contribution in [3.63, 3.8) is 0 Å². The van der Waals surface area contributed by atoms with Crippen molar-refractivity contribution in [1.29, 1.82) is 0 Å². The van der Waals surface area contributed by atoms with E-state index in [1.165, 1.54) is 0 Å². The molecule has 104 valence electrons. The number of benzene rings is 1. The number of ketones is 1. The fourth-order valence-corrected chi connectivity index (χ4v) is 1.82. The summed E-state index contributed by atoms with van der Waals surface area (Å²) in [4.78, 5) is 16.1. The molecule has 4 nitrogen and oxygen atoms in total. The second kappa shape index (κ2) is 6.70. The van der Waals surface area contributed by atoms with Crippen molar-refractivity contribution in [2.45, 2.75) is 20.0 Å². The van der Waals surface area contributed by atoms with Gasteiger partial charge in [-0.1, -0.05) is 25.1 Å². The number of hydrogen-bond donors (Lipinski definition) is 0. The van der Waals surface area contributed by atoms with E-state index < -0.39 is 0 Å². The van der Waals surface area contributed by atoms with Crippen LogP contribution in [-0.4, -0.2) is 17.9 Å². The monoisotopic (exact) mass is 271 g/mol. The predicted octanol–water partition coefficient (Wildman–Crippen LogP) is 3.26. The molecule has 2 rings (SSSR count). The Morgan fingerprint density at radius 1 is 1.15 bits per heavy atom. The van der Waals surface area contributed by atoms with E-state index in [1.54, 1.807) is 25.3 Å². The highest BCUT2D eigenvalue weighted by Crippen LogP contribution is 2.21. The number of hydrogen-bond acceptors (Lipinski definition) is 4. The third-order valence-corrected chi connectivity index (χ3v) is 2.87. The quantitative estimate of drug-likeness (QED) is 0.757. The lowest BCUT2D eigenvalue weighted by molar-refractivity contribution is 0.0983. The number of nitrogens with zero attached hydrogens (tertiary/aromatic N) is 1. The molecule has 0 amide bonds. The van der Waals surface area contributed by atoms with Crippen LogP contribution in [0.4, 0.5) is 0 Å². The van der Waals surface area contributed by atoms with E-state index in [2.05, 4.69) is 4.98 Å². The molecule has 0 radical (unpaired) electrons. The fourth-order valence-electron chi connectivity index (χ4n) is 1.82. The zero-order chi connectivity index (χ0) is 14.4. The Morgan fingerprint density at radius 2 is 1.95 bits per heavy atom. The third-order valence-electron chi connectivity index (χ3n) is 2.87. The van der Waals surface area contributed by atoms with Gasteiger partial charge < -0.3 is 9.47 Å². The lowest BCUT2D eigenvalue weighted by atomic mass is 10.1. The van der Waals surface area contributed by atoms with Crippen LogP contribution >= 0.6 is 0 Å². The van der Waals surface area contributed by atoms with Crippen LogP contribution < -0.4 is 9.47 Å². The van der Waals surface area contributed by atoms with Gasteiger partial charge in [-0.3, -0.25) is 4.79 Å². The molecule has 1 heterocycles. The maximum Gasteiger partial charge on any atom is 0.213 e. The first-order valence-corrected chi connectivity index (χ1v) is 6.49. The average molecular weight is 271 g/mol. The van der Waals surface area contributed by atoms with Gasteiger partial charge in [-0.25, -0.2) is 4.98 Å². The van der Waals surface area contributed by atoms with Crippen LogP contribution in [0.3, 0.4) is 0 Å². The Bertz CT molecular complexity index is 596. The van der Waals surface area contributed by atoms with Gasteiger partial charge in [-0.2, -0.15) is 0 Å². The molecule has 0 unspecified atom stereocenters. The van der Waals surface area contributed by atoms with Crippen LogP contribution in [0.15, 0.2) is 42.5 Å². The molecule has 1 aromatic carbocycles. The summed E-state index contributed by atoms with van der Waals surface area (Å²) in [5.74, 6) is 1.20. The molecule has 0 fully saturated rings. The molecule has 0 spiro atoms. The predicted molar refractivity (Wildman–Crippen MR) is 76.2 cm³/mol. The van der Waals surface area contributed by atoms with E-state index in [1.807, 2.05) is 31.2 Å².